The van der Waals surface area contributed by atoms with E-state index in [0.29, 0.717) is 18.7 Å². The van der Waals surface area contributed by atoms with Crippen molar-refractivity contribution in [2.24, 2.45) is 7.05 Å². The number of nitrogens with zero attached hydrogens (tertiary/aromatic N) is 2. The zero-order valence-corrected chi connectivity index (χ0v) is 13.4. The Morgan fingerprint density at radius 2 is 2.38 bits per heavy atom. The molecule has 3 rings (SSSR count). The lowest BCUT2D eigenvalue weighted by atomic mass is 10.1. The number of rotatable bonds is 6. The first-order valence-electron chi connectivity index (χ1n) is 7.79. The number of benzene rings is 1. The van der Waals surface area contributed by atoms with Gasteiger partial charge in [-0.1, -0.05) is 0 Å². The highest BCUT2D eigenvalue weighted by molar-refractivity contribution is 5.79. The molecule has 1 fully saturated rings. The largest absolute Gasteiger partial charge is 0.484 e. The maximum atomic E-state index is 11.8. The number of carbonyl (C=O) groups is 2. The van der Waals surface area contributed by atoms with Crippen LogP contribution in [0.25, 0.3) is 11.1 Å². The Morgan fingerprint density at radius 3 is 3.08 bits per heavy atom. The summed E-state index contributed by atoms with van der Waals surface area (Å²) in [7, 11) is 1.85. The van der Waals surface area contributed by atoms with E-state index in [-0.39, 0.29) is 24.5 Å². The van der Waals surface area contributed by atoms with Crippen molar-refractivity contribution in [1.82, 2.24) is 20.4 Å². The maximum Gasteiger partial charge on any atom is 0.258 e. The van der Waals surface area contributed by atoms with Crippen molar-refractivity contribution in [3.8, 4) is 16.9 Å². The van der Waals surface area contributed by atoms with Gasteiger partial charge in [-0.3, -0.25) is 14.3 Å². The molecular weight excluding hydrogens is 308 g/mol. The summed E-state index contributed by atoms with van der Waals surface area (Å²) in [6.07, 6.45) is 4.93. The van der Waals surface area contributed by atoms with Crippen LogP contribution in [0.3, 0.4) is 0 Å². The molecule has 7 heteroatoms. The first-order valence-corrected chi connectivity index (χ1v) is 7.79. The van der Waals surface area contributed by atoms with Crippen LogP contribution in [-0.2, 0) is 16.6 Å². The number of amides is 2. The van der Waals surface area contributed by atoms with E-state index in [0.717, 1.165) is 17.5 Å². The number of aryl methyl sites for hydroxylation is 1. The van der Waals surface area contributed by atoms with Crippen LogP contribution in [0.1, 0.15) is 12.8 Å². The Kier molecular flexibility index (Phi) is 4.79. The third-order valence-corrected chi connectivity index (χ3v) is 3.80. The summed E-state index contributed by atoms with van der Waals surface area (Å²) < 4.78 is 7.24. The maximum absolute atomic E-state index is 11.8. The monoisotopic (exact) mass is 327 g/mol. The van der Waals surface area contributed by atoms with E-state index >= 15 is 0 Å². The fourth-order valence-electron chi connectivity index (χ4n) is 2.54. The lowest BCUT2D eigenvalue weighted by Gasteiger charge is -2.12. The second kappa shape index (κ2) is 7.16. The van der Waals surface area contributed by atoms with Gasteiger partial charge in [0.25, 0.3) is 5.91 Å². The second-order valence-electron chi connectivity index (χ2n) is 5.76. The SMILES string of the molecule is Cn1cc(-c2c[c]cc(OCC(=O)NCC3CCC(=O)N3)c2)cn1. The van der Waals surface area contributed by atoms with Gasteiger partial charge in [-0.2, -0.15) is 5.10 Å². The van der Waals surface area contributed by atoms with Crippen molar-refractivity contribution in [3.63, 3.8) is 0 Å². The number of carbonyl (C=O) groups excluding carboxylic acids is 2. The fourth-order valence-corrected chi connectivity index (χ4v) is 2.54. The van der Waals surface area contributed by atoms with Crippen LogP contribution in [0.4, 0.5) is 0 Å². The Bertz CT molecular complexity index is 741. The minimum atomic E-state index is -0.220. The molecule has 7 nitrogen and oxygen atoms in total. The van der Waals surface area contributed by atoms with Gasteiger partial charge in [0.15, 0.2) is 6.61 Å². The molecule has 0 bridgehead atoms. The Hall–Kier alpha value is -2.83. The summed E-state index contributed by atoms with van der Waals surface area (Å²) in [5.74, 6) is 0.386. The summed E-state index contributed by atoms with van der Waals surface area (Å²) in [6, 6.07) is 8.39. The van der Waals surface area contributed by atoms with Crippen LogP contribution < -0.4 is 15.4 Å². The predicted octanol–water partition coefficient (Wildman–Crippen LogP) is 0.661. The van der Waals surface area contributed by atoms with Gasteiger partial charge in [-0.25, -0.2) is 0 Å². The minimum absolute atomic E-state index is 0.0173. The molecule has 1 unspecified atom stereocenters. The minimum Gasteiger partial charge on any atom is -0.484 e. The summed E-state index contributed by atoms with van der Waals surface area (Å²) in [5, 5.41) is 9.70. The molecule has 1 saturated heterocycles. The highest BCUT2D eigenvalue weighted by atomic mass is 16.5. The molecule has 2 heterocycles. The van der Waals surface area contributed by atoms with E-state index in [1.54, 1.807) is 16.9 Å². The number of aromatic nitrogens is 2. The van der Waals surface area contributed by atoms with Crippen molar-refractivity contribution in [1.29, 1.82) is 0 Å². The lowest BCUT2D eigenvalue weighted by molar-refractivity contribution is -0.123. The topological polar surface area (TPSA) is 85.2 Å². The summed E-state index contributed by atoms with van der Waals surface area (Å²) in [5.41, 5.74) is 1.88. The first-order chi connectivity index (χ1) is 11.6. The van der Waals surface area contributed by atoms with Crippen LogP contribution in [-0.4, -0.2) is 40.8 Å². The molecule has 0 spiro atoms. The van der Waals surface area contributed by atoms with Crippen LogP contribution in [0.2, 0.25) is 0 Å². The van der Waals surface area contributed by atoms with Crippen molar-refractivity contribution in [3.05, 3.63) is 36.7 Å². The molecule has 1 aliphatic rings. The number of ether oxygens (including phenoxy) is 1. The molecule has 1 atom stereocenters. The van der Waals surface area contributed by atoms with E-state index < -0.39 is 0 Å². The van der Waals surface area contributed by atoms with Gasteiger partial charge in [0, 0.05) is 37.8 Å². The fraction of sp³-hybridized carbons (Fsp3) is 0.353. The van der Waals surface area contributed by atoms with Crippen LogP contribution in [0, 0.1) is 6.07 Å². The highest BCUT2D eigenvalue weighted by Gasteiger charge is 2.20. The second-order valence-corrected chi connectivity index (χ2v) is 5.76. The lowest BCUT2D eigenvalue weighted by Crippen LogP contribution is -2.40. The molecule has 2 amide bonds. The van der Waals surface area contributed by atoms with Crippen LogP contribution in [0.5, 0.6) is 5.75 Å². The van der Waals surface area contributed by atoms with Gasteiger partial charge >= 0.3 is 0 Å². The normalized spacial score (nSPS) is 16.7. The average molecular weight is 327 g/mol. The Labute approximate surface area is 140 Å². The molecule has 0 saturated carbocycles. The third kappa shape index (κ3) is 4.13. The highest BCUT2D eigenvalue weighted by Crippen LogP contribution is 2.22. The average Bonchev–Trinajstić information content (AvgIpc) is 3.20. The number of nitrogens with one attached hydrogen (secondary N) is 2. The number of hydrogen-bond acceptors (Lipinski definition) is 4. The van der Waals surface area contributed by atoms with Gasteiger partial charge in [-0.05, 0) is 36.2 Å². The van der Waals surface area contributed by atoms with Crippen molar-refractivity contribution >= 4 is 11.8 Å². The van der Waals surface area contributed by atoms with Crippen molar-refractivity contribution in [2.75, 3.05) is 13.2 Å². The summed E-state index contributed by atoms with van der Waals surface area (Å²) >= 11 is 0. The van der Waals surface area contributed by atoms with Crippen molar-refractivity contribution in [2.45, 2.75) is 18.9 Å². The Balaban J connectivity index is 1.49. The molecular formula is C17H19N4O3. The smallest absolute Gasteiger partial charge is 0.258 e. The van der Waals surface area contributed by atoms with E-state index in [9.17, 15) is 9.59 Å². The van der Waals surface area contributed by atoms with Crippen LogP contribution in [0.15, 0.2) is 30.6 Å². The van der Waals surface area contributed by atoms with Crippen LogP contribution >= 0.6 is 0 Å². The standard InChI is InChI=1S/C17H19N4O3/c1-21-10-13(8-19-21)12-3-2-4-15(7-12)24-11-17(23)18-9-14-5-6-16(22)20-14/h3-4,7-8,10,14H,5-6,9,11H2,1H3,(H,18,23)(H,20,22). The molecule has 1 aliphatic heterocycles. The molecule has 24 heavy (non-hydrogen) atoms. The van der Waals surface area contributed by atoms with Gasteiger partial charge in [0.2, 0.25) is 5.91 Å². The molecule has 2 N–H and O–H groups in total. The molecule has 125 valence electrons. The van der Waals surface area contributed by atoms with E-state index in [2.05, 4.69) is 21.8 Å². The van der Waals surface area contributed by atoms with Crippen molar-refractivity contribution < 1.29 is 14.3 Å². The Morgan fingerprint density at radius 1 is 1.50 bits per heavy atom. The van der Waals surface area contributed by atoms with Gasteiger partial charge in [-0.15, -0.1) is 0 Å². The quantitative estimate of drug-likeness (QED) is 0.816. The molecule has 2 aromatic rings. The third-order valence-electron chi connectivity index (χ3n) is 3.80. The van der Waals surface area contributed by atoms with E-state index in [1.807, 2.05) is 25.4 Å². The molecule has 1 radical (unpaired) electrons. The summed E-state index contributed by atoms with van der Waals surface area (Å²) in [6.45, 7) is 0.348. The number of hydrogen-bond donors (Lipinski definition) is 2. The zero-order chi connectivity index (χ0) is 16.9. The molecule has 1 aromatic carbocycles. The molecule has 1 aromatic heterocycles. The first kappa shape index (κ1) is 16.0. The van der Waals surface area contributed by atoms with Gasteiger partial charge in [0.05, 0.1) is 6.20 Å². The van der Waals surface area contributed by atoms with Gasteiger partial charge in [0.1, 0.15) is 5.75 Å². The molecule has 0 aliphatic carbocycles. The zero-order valence-electron chi connectivity index (χ0n) is 13.4. The summed E-state index contributed by atoms with van der Waals surface area (Å²) in [4.78, 5) is 22.9. The predicted molar refractivity (Wildman–Crippen MR) is 87.1 cm³/mol. The van der Waals surface area contributed by atoms with E-state index in [4.69, 9.17) is 4.74 Å². The van der Waals surface area contributed by atoms with E-state index in [1.165, 1.54) is 0 Å². The van der Waals surface area contributed by atoms with Gasteiger partial charge < -0.3 is 15.4 Å².